The molecule has 0 aromatic carbocycles. The van der Waals surface area contributed by atoms with Gasteiger partial charge in [-0.05, 0) is 18.3 Å². The van der Waals surface area contributed by atoms with Gasteiger partial charge < -0.3 is 11.1 Å². The first-order valence-corrected chi connectivity index (χ1v) is 6.07. The minimum absolute atomic E-state index is 0.0519. The summed E-state index contributed by atoms with van der Waals surface area (Å²) in [6.45, 7) is 0. The van der Waals surface area contributed by atoms with Crippen LogP contribution >= 0.6 is 23.6 Å². The lowest BCUT2D eigenvalue weighted by Gasteiger charge is -2.09. The fourth-order valence-electron chi connectivity index (χ4n) is 1.22. The number of alkyl halides is 3. The summed E-state index contributed by atoms with van der Waals surface area (Å²) in [5.74, 6) is -0.312. The minimum Gasteiger partial charge on any atom is -0.376 e. The summed E-state index contributed by atoms with van der Waals surface area (Å²) < 4.78 is 38.2. The molecule has 0 amide bonds. The summed E-state index contributed by atoms with van der Waals surface area (Å²) in [7, 11) is 0. The van der Waals surface area contributed by atoms with Crippen molar-refractivity contribution in [1.82, 2.24) is 15.0 Å². The molecule has 2 rings (SSSR count). The highest BCUT2D eigenvalue weighted by Gasteiger charge is 2.34. The number of hydrogen-bond donors (Lipinski definition) is 2. The number of nitrogens with one attached hydrogen (secondary N) is 1. The van der Waals surface area contributed by atoms with Gasteiger partial charge in [-0.3, -0.25) is 0 Å². The van der Waals surface area contributed by atoms with E-state index in [1.807, 2.05) is 0 Å². The Bertz CT molecular complexity index is 596. The Morgan fingerprint density at radius 3 is 2.63 bits per heavy atom. The predicted molar refractivity (Wildman–Crippen MR) is 68.6 cm³/mol. The second-order valence-electron chi connectivity index (χ2n) is 3.29. The van der Waals surface area contributed by atoms with Gasteiger partial charge in [-0.2, -0.15) is 13.2 Å². The third-order valence-corrected chi connectivity index (χ3v) is 2.80. The van der Waals surface area contributed by atoms with Crippen LogP contribution in [0.5, 0.6) is 0 Å². The van der Waals surface area contributed by atoms with E-state index in [1.165, 1.54) is 6.20 Å². The molecule has 0 atom stereocenters. The molecule has 100 valence electrons. The molecule has 0 aliphatic carbocycles. The number of nitrogens with two attached hydrogens (primary N) is 1. The molecule has 0 aliphatic rings. The second-order valence-corrected chi connectivity index (χ2v) is 4.62. The molecule has 19 heavy (non-hydrogen) atoms. The average Bonchev–Trinajstić information content (AvgIpc) is 2.79. The predicted octanol–water partition coefficient (Wildman–Crippen LogP) is 2.27. The van der Waals surface area contributed by atoms with Gasteiger partial charge >= 0.3 is 6.18 Å². The number of hydrogen-bond acceptors (Lipinski definition) is 5. The fourth-order valence-corrected chi connectivity index (χ4v) is 1.91. The second kappa shape index (κ2) is 5.05. The van der Waals surface area contributed by atoms with Crippen LogP contribution in [-0.4, -0.2) is 20.1 Å². The van der Waals surface area contributed by atoms with Crippen molar-refractivity contribution in [3.8, 4) is 10.7 Å². The number of thiazole rings is 1. The molecule has 10 heteroatoms. The topological polar surface area (TPSA) is 76.7 Å². The largest absolute Gasteiger partial charge is 0.433 e. The maximum atomic E-state index is 12.7. The molecule has 0 radical (unpaired) electrons. The molecule has 0 aliphatic heterocycles. The van der Waals surface area contributed by atoms with Gasteiger partial charge in [0.2, 0.25) is 5.95 Å². The lowest BCUT2D eigenvalue weighted by Crippen LogP contribution is -2.22. The van der Waals surface area contributed by atoms with E-state index in [1.54, 1.807) is 5.38 Å². The van der Waals surface area contributed by atoms with Gasteiger partial charge in [0.1, 0.15) is 10.7 Å². The number of halogens is 3. The van der Waals surface area contributed by atoms with Crippen LogP contribution in [0.2, 0.25) is 0 Å². The van der Waals surface area contributed by atoms with Crippen molar-refractivity contribution in [2.75, 3.05) is 5.32 Å². The lowest BCUT2D eigenvalue weighted by atomic mass is 10.3. The van der Waals surface area contributed by atoms with Gasteiger partial charge in [0.15, 0.2) is 10.8 Å². The SMILES string of the molecule is NC(=S)Nc1nc(-c2nccs2)cc(C(F)(F)F)n1. The van der Waals surface area contributed by atoms with Gasteiger partial charge in [0.25, 0.3) is 0 Å². The van der Waals surface area contributed by atoms with Gasteiger partial charge in [-0.1, -0.05) is 0 Å². The van der Waals surface area contributed by atoms with E-state index in [0.717, 1.165) is 17.4 Å². The normalized spacial score (nSPS) is 11.3. The zero-order valence-corrected chi connectivity index (χ0v) is 10.7. The maximum Gasteiger partial charge on any atom is 0.433 e. The van der Waals surface area contributed by atoms with Crippen LogP contribution in [0.1, 0.15) is 5.69 Å². The molecule has 2 aromatic heterocycles. The first kappa shape index (κ1) is 13.6. The average molecular weight is 305 g/mol. The molecule has 5 nitrogen and oxygen atoms in total. The van der Waals surface area contributed by atoms with Crippen LogP contribution in [0.3, 0.4) is 0 Å². The molecule has 0 spiro atoms. The van der Waals surface area contributed by atoms with E-state index in [9.17, 15) is 13.2 Å². The Morgan fingerprint density at radius 2 is 2.11 bits per heavy atom. The summed E-state index contributed by atoms with van der Waals surface area (Å²) in [6.07, 6.45) is -3.13. The van der Waals surface area contributed by atoms with E-state index in [2.05, 4.69) is 32.5 Å². The van der Waals surface area contributed by atoms with Crippen molar-refractivity contribution in [2.45, 2.75) is 6.18 Å². The fraction of sp³-hybridized carbons (Fsp3) is 0.111. The zero-order chi connectivity index (χ0) is 14.0. The first-order chi connectivity index (χ1) is 8.86. The maximum absolute atomic E-state index is 12.7. The van der Waals surface area contributed by atoms with Crippen molar-refractivity contribution in [1.29, 1.82) is 0 Å². The van der Waals surface area contributed by atoms with Gasteiger partial charge in [-0.25, -0.2) is 15.0 Å². The van der Waals surface area contributed by atoms with E-state index in [0.29, 0.717) is 5.01 Å². The molecule has 0 saturated carbocycles. The Labute approximate surface area is 114 Å². The first-order valence-electron chi connectivity index (χ1n) is 4.79. The smallest absolute Gasteiger partial charge is 0.376 e. The molecular weight excluding hydrogens is 299 g/mol. The van der Waals surface area contributed by atoms with Gasteiger partial charge in [0, 0.05) is 11.6 Å². The summed E-state index contributed by atoms with van der Waals surface area (Å²) >= 11 is 5.71. The Kier molecular flexibility index (Phi) is 3.62. The highest BCUT2D eigenvalue weighted by Crippen LogP contribution is 2.31. The van der Waals surface area contributed by atoms with Crippen LogP contribution in [0.15, 0.2) is 17.6 Å². The number of thiocarbonyl (C=S) groups is 1. The van der Waals surface area contributed by atoms with Crippen molar-refractivity contribution in [3.63, 3.8) is 0 Å². The number of aromatic nitrogens is 3. The summed E-state index contributed by atoms with van der Waals surface area (Å²) in [5, 5.41) is 4.04. The Balaban J connectivity index is 2.52. The Hall–Kier alpha value is -1.81. The van der Waals surface area contributed by atoms with Crippen LogP contribution in [0.25, 0.3) is 10.7 Å². The highest BCUT2D eigenvalue weighted by atomic mass is 32.1. The van der Waals surface area contributed by atoms with Gasteiger partial charge in [0.05, 0.1) is 0 Å². The third-order valence-electron chi connectivity index (χ3n) is 1.90. The summed E-state index contributed by atoms with van der Waals surface area (Å²) in [5.41, 5.74) is 4.16. The molecule has 2 heterocycles. The van der Waals surface area contributed by atoms with Crippen molar-refractivity contribution < 1.29 is 13.2 Å². The quantitative estimate of drug-likeness (QED) is 0.829. The standard InChI is InChI=1S/C9H6F3N5S2/c10-9(11,12)5-3-4(6-14-1-2-19-6)15-8(16-5)17-7(13)18/h1-3H,(H3,13,15,16,17,18). The van der Waals surface area contributed by atoms with Crippen LogP contribution in [0.4, 0.5) is 19.1 Å². The molecule has 0 bridgehead atoms. The molecule has 2 aromatic rings. The van der Waals surface area contributed by atoms with Crippen LogP contribution in [-0.2, 0) is 6.18 Å². The van der Waals surface area contributed by atoms with Crippen LogP contribution < -0.4 is 11.1 Å². The summed E-state index contributed by atoms with van der Waals surface area (Å²) in [4.78, 5) is 11.1. The molecule has 0 fully saturated rings. The van der Waals surface area contributed by atoms with Crippen LogP contribution in [0, 0.1) is 0 Å². The van der Waals surface area contributed by atoms with Gasteiger partial charge in [-0.15, -0.1) is 11.3 Å². The highest BCUT2D eigenvalue weighted by molar-refractivity contribution is 7.80. The van der Waals surface area contributed by atoms with Crippen molar-refractivity contribution in [3.05, 3.63) is 23.3 Å². The van der Waals surface area contributed by atoms with E-state index < -0.39 is 11.9 Å². The molecule has 0 saturated heterocycles. The molecule has 0 unspecified atom stereocenters. The number of anilines is 1. The number of rotatable bonds is 2. The zero-order valence-electron chi connectivity index (χ0n) is 9.10. The van der Waals surface area contributed by atoms with Crippen molar-refractivity contribution in [2.24, 2.45) is 5.73 Å². The third kappa shape index (κ3) is 3.35. The van der Waals surface area contributed by atoms with Crippen molar-refractivity contribution >= 4 is 34.6 Å². The molecule has 3 N–H and O–H groups in total. The monoisotopic (exact) mass is 305 g/mol. The number of nitrogens with zero attached hydrogens (tertiary/aromatic N) is 3. The minimum atomic E-state index is -4.60. The van der Waals surface area contributed by atoms with E-state index in [4.69, 9.17) is 5.73 Å². The van der Waals surface area contributed by atoms with E-state index >= 15 is 0 Å². The summed E-state index contributed by atoms with van der Waals surface area (Å²) in [6, 6.07) is 0.823. The molecular formula is C9H6F3N5S2. The lowest BCUT2D eigenvalue weighted by molar-refractivity contribution is -0.141. The van der Waals surface area contributed by atoms with E-state index in [-0.39, 0.29) is 16.8 Å². The Morgan fingerprint density at radius 1 is 1.37 bits per heavy atom.